The Balaban J connectivity index is 2.49. The highest BCUT2D eigenvalue weighted by atomic mass is 32.1. The number of nitrogens with one attached hydrogen (secondary N) is 1. The lowest BCUT2D eigenvalue weighted by atomic mass is 10.4. The first kappa shape index (κ1) is 12.9. The molecule has 6 nitrogen and oxygen atoms in total. The fourth-order valence-corrected chi connectivity index (χ4v) is 1.81. The van der Waals surface area contributed by atoms with E-state index in [1.807, 2.05) is 0 Å². The molecule has 1 heterocycles. The Labute approximate surface area is 98.6 Å². The molecule has 0 aromatic carbocycles. The van der Waals surface area contributed by atoms with Gasteiger partial charge in [-0.3, -0.25) is 4.79 Å². The third kappa shape index (κ3) is 3.42. The van der Waals surface area contributed by atoms with E-state index in [0.29, 0.717) is 23.3 Å². The van der Waals surface area contributed by atoms with E-state index in [0.717, 1.165) is 6.42 Å². The Hall–Kier alpha value is -1.21. The van der Waals surface area contributed by atoms with E-state index in [9.17, 15) is 4.79 Å². The molecule has 0 aliphatic rings. The Morgan fingerprint density at radius 3 is 2.88 bits per heavy atom. The first-order chi connectivity index (χ1) is 7.69. The van der Waals surface area contributed by atoms with E-state index in [1.54, 1.807) is 26.1 Å². The highest BCUT2D eigenvalue weighted by Gasteiger charge is 2.16. The molecule has 7 heteroatoms. The van der Waals surface area contributed by atoms with Gasteiger partial charge in [0.05, 0.1) is 0 Å². The van der Waals surface area contributed by atoms with Gasteiger partial charge in [0.1, 0.15) is 0 Å². The summed E-state index contributed by atoms with van der Waals surface area (Å²) < 4.78 is 4.93. The summed E-state index contributed by atoms with van der Waals surface area (Å²) in [5, 5.41) is 11.5. The van der Waals surface area contributed by atoms with Gasteiger partial charge in [0.2, 0.25) is 10.1 Å². The molecule has 0 aliphatic carbocycles. The van der Waals surface area contributed by atoms with Crippen molar-refractivity contribution in [3.8, 4) is 0 Å². The molecular formula is C9H16N4O2S. The summed E-state index contributed by atoms with van der Waals surface area (Å²) in [6, 6.07) is 0. The zero-order valence-electron chi connectivity index (χ0n) is 9.69. The molecule has 1 aromatic rings. The average molecular weight is 244 g/mol. The molecule has 0 bridgehead atoms. The van der Waals surface area contributed by atoms with Crippen molar-refractivity contribution in [2.24, 2.45) is 0 Å². The normalized spacial score (nSPS) is 10.2. The number of hydrogen-bond donors (Lipinski definition) is 1. The molecule has 1 aromatic heterocycles. The van der Waals surface area contributed by atoms with Crippen molar-refractivity contribution >= 4 is 22.4 Å². The molecule has 0 fully saturated rings. The molecule has 0 atom stereocenters. The van der Waals surface area contributed by atoms with Crippen molar-refractivity contribution < 1.29 is 9.53 Å². The van der Waals surface area contributed by atoms with E-state index in [1.165, 1.54) is 11.3 Å². The van der Waals surface area contributed by atoms with Crippen LogP contribution in [0.4, 0.5) is 5.13 Å². The third-order valence-corrected chi connectivity index (χ3v) is 2.94. The summed E-state index contributed by atoms with van der Waals surface area (Å²) >= 11 is 1.25. The first-order valence-corrected chi connectivity index (χ1v) is 5.76. The van der Waals surface area contributed by atoms with Crippen LogP contribution in [0, 0.1) is 0 Å². The lowest BCUT2D eigenvalue weighted by Crippen LogP contribution is -2.28. The predicted octanol–water partition coefficient (Wildman–Crippen LogP) is 0.688. The molecule has 0 unspecified atom stereocenters. The first-order valence-electron chi connectivity index (χ1n) is 4.94. The van der Waals surface area contributed by atoms with Crippen LogP contribution in [0.25, 0.3) is 0 Å². The van der Waals surface area contributed by atoms with Crippen LogP contribution >= 0.6 is 11.3 Å². The van der Waals surface area contributed by atoms with Crippen LogP contribution in [0.1, 0.15) is 16.2 Å². The van der Waals surface area contributed by atoms with Crippen molar-refractivity contribution in [2.45, 2.75) is 6.42 Å². The van der Waals surface area contributed by atoms with Gasteiger partial charge in [-0.15, -0.1) is 10.2 Å². The van der Waals surface area contributed by atoms with Crippen LogP contribution in [-0.4, -0.2) is 55.4 Å². The second kappa shape index (κ2) is 6.39. The lowest BCUT2D eigenvalue weighted by molar-refractivity contribution is 0.0778. The summed E-state index contributed by atoms with van der Waals surface area (Å²) in [7, 11) is 5.14. The molecule has 0 saturated carbocycles. The third-order valence-electron chi connectivity index (χ3n) is 2.01. The summed E-state index contributed by atoms with van der Waals surface area (Å²) in [6.07, 6.45) is 0.816. The number of methoxy groups -OCH3 is 1. The molecule has 0 radical (unpaired) electrons. The minimum absolute atomic E-state index is 0.102. The SMILES string of the molecule is CNc1nnc(C(=O)N(C)CCCOC)s1. The van der Waals surface area contributed by atoms with Crippen LogP contribution < -0.4 is 5.32 Å². The molecule has 16 heavy (non-hydrogen) atoms. The van der Waals surface area contributed by atoms with Crippen molar-refractivity contribution in [3.63, 3.8) is 0 Å². The van der Waals surface area contributed by atoms with Crippen LogP contribution in [0.3, 0.4) is 0 Å². The lowest BCUT2D eigenvalue weighted by Gasteiger charge is -2.14. The second-order valence-corrected chi connectivity index (χ2v) is 4.21. The van der Waals surface area contributed by atoms with Gasteiger partial charge in [-0.25, -0.2) is 0 Å². The number of carbonyl (C=O) groups is 1. The molecular weight excluding hydrogens is 228 g/mol. The van der Waals surface area contributed by atoms with Crippen molar-refractivity contribution in [1.29, 1.82) is 0 Å². The Bertz CT molecular complexity index is 342. The van der Waals surface area contributed by atoms with Gasteiger partial charge in [-0.05, 0) is 6.42 Å². The highest BCUT2D eigenvalue weighted by Crippen LogP contribution is 2.15. The molecule has 1 amide bonds. The van der Waals surface area contributed by atoms with E-state index < -0.39 is 0 Å². The van der Waals surface area contributed by atoms with Crippen molar-refractivity contribution in [2.75, 3.05) is 39.7 Å². The molecule has 0 spiro atoms. The van der Waals surface area contributed by atoms with E-state index >= 15 is 0 Å². The molecule has 90 valence electrons. The van der Waals surface area contributed by atoms with Gasteiger partial charge in [-0.1, -0.05) is 11.3 Å². The molecule has 0 saturated heterocycles. The van der Waals surface area contributed by atoms with Crippen LogP contribution in [0.15, 0.2) is 0 Å². The zero-order valence-corrected chi connectivity index (χ0v) is 10.5. The Kier molecular flexibility index (Phi) is 5.13. The maximum atomic E-state index is 11.8. The number of aromatic nitrogens is 2. The van der Waals surface area contributed by atoms with Gasteiger partial charge >= 0.3 is 0 Å². The average Bonchev–Trinajstić information content (AvgIpc) is 2.76. The minimum atomic E-state index is -0.102. The van der Waals surface area contributed by atoms with Gasteiger partial charge in [-0.2, -0.15) is 0 Å². The van der Waals surface area contributed by atoms with Crippen molar-refractivity contribution in [1.82, 2.24) is 15.1 Å². The van der Waals surface area contributed by atoms with E-state index in [2.05, 4.69) is 15.5 Å². The molecule has 1 N–H and O–H groups in total. The van der Waals surface area contributed by atoms with Gasteiger partial charge in [0, 0.05) is 34.4 Å². The van der Waals surface area contributed by atoms with Gasteiger partial charge in [0.25, 0.3) is 5.91 Å². The monoisotopic (exact) mass is 244 g/mol. The predicted molar refractivity (Wildman–Crippen MR) is 62.9 cm³/mol. The highest BCUT2D eigenvalue weighted by molar-refractivity contribution is 7.17. The van der Waals surface area contributed by atoms with Crippen LogP contribution in [0.2, 0.25) is 0 Å². The summed E-state index contributed by atoms with van der Waals surface area (Å²) in [5.41, 5.74) is 0. The maximum Gasteiger partial charge on any atom is 0.284 e. The summed E-state index contributed by atoms with van der Waals surface area (Å²) in [4.78, 5) is 13.5. The smallest absolute Gasteiger partial charge is 0.284 e. The van der Waals surface area contributed by atoms with E-state index in [4.69, 9.17) is 4.74 Å². The number of carbonyl (C=O) groups excluding carboxylic acids is 1. The fourth-order valence-electron chi connectivity index (χ4n) is 1.12. The van der Waals surface area contributed by atoms with Gasteiger partial charge in [0.15, 0.2) is 0 Å². The van der Waals surface area contributed by atoms with E-state index in [-0.39, 0.29) is 5.91 Å². The molecule has 1 rings (SSSR count). The number of ether oxygens (including phenoxy) is 1. The van der Waals surface area contributed by atoms with Crippen LogP contribution in [0.5, 0.6) is 0 Å². The quantitative estimate of drug-likeness (QED) is 0.746. The zero-order chi connectivity index (χ0) is 12.0. The number of amides is 1. The number of anilines is 1. The largest absolute Gasteiger partial charge is 0.385 e. The molecule has 0 aliphatic heterocycles. The number of rotatable bonds is 6. The topological polar surface area (TPSA) is 67.4 Å². The number of nitrogens with zero attached hydrogens (tertiary/aromatic N) is 3. The van der Waals surface area contributed by atoms with Crippen LogP contribution in [-0.2, 0) is 4.74 Å². The number of hydrogen-bond acceptors (Lipinski definition) is 6. The summed E-state index contributed by atoms with van der Waals surface area (Å²) in [5.74, 6) is -0.102. The Morgan fingerprint density at radius 1 is 1.56 bits per heavy atom. The standard InChI is InChI=1S/C9H16N4O2S/c1-10-9-12-11-7(16-9)8(14)13(2)5-4-6-15-3/h4-6H2,1-3H3,(H,10,12). The minimum Gasteiger partial charge on any atom is -0.385 e. The Morgan fingerprint density at radius 2 is 2.31 bits per heavy atom. The summed E-state index contributed by atoms with van der Waals surface area (Å²) in [6.45, 7) is 1.30. The van der Waals surface area contributed by atoms with Gasteiger partial charge < -0.3 is 15.0 Å². The van der Waals surface area contributed by atoms with Crippen molar-refractivity contribution in [3.05, 3.63) is 5.01 Å². The maximum absolute atomic E-state index is 11.8. The fraction of sp³-hybridized carbons (Fsp3) is 0.667. The second-order valence-electron chi connectivity index (χ2n) is 3.24.